The number of aromatic nitrogens is 1. The Hall–Kier alpha value is -1.41. The molecule has 3 rings (SSSR count). The van der Waals surface area contributed by atoms with Crippen LogP contribution in [0.4, 0.5) is 0 Å². The Labute approximate surface area is 121 Å². The second-order valence-corrected chi connectivity index (χ2v) is 6.18. The highest BCUT2D eigenvalue weighted by atomic mass is 14.7. The Bertz CT molecular complexity index is 578. The van der Waals surface area contributed by atoms with Crippen LogP contribution in [-0.4, -0.2) is 4.98 Å². The zero-order valence-electron chi connectivity index (χ0n) is 12.3. The minimum Gasteiger partial charge on any atom is -0.324 e. The zero-order valence-corrected chi connectivity index (χ0v) is 12.3. The van der Waals surface area contributed by atoms with Crippen LogP contribution in [0.5, 0.6) is 0 Å². The standard InChI is InChI=1S/C18H24N2/c1-2-13-5-3-6-15(11-13)18(19)16-9-8-14-7-4-10-20-17(14)12-16/h4,7-10,12-13,15,18H,2-3,5-6,11,19H2,1H3. The predicted molar refractivity (Wildman–Crippen MR) is 84.4 cm³/mol. The molecule has 0 aliphatic heterocycles. The van der Waals surface area contributed by atoms with Gasteiger partial charge in [-0.2, -0.15) is 0 Å². The first-order chi connectivity index (χ1) is 9.78. The maximum absolute atomic E-state index is 6.55. The van der Waals surface area contributed by atoms with E-state index < -0.39 is 0 Å². The molecule has 0 radical (unpaired) electrons. The summed E-state index contributed by atoms with van der Waals surface area (Å²) in [7, 11) is 0. The third-order valence-electron chi connectivity index (χ3n) is 4.92. The van der Waals surface area contributed by atoms with Gasteiger partial charge in [0.05, 0.1) is 5.52 Å². The van der Waals surface area contributed by atoms with Crippen LogP contribution in [0.1, 0.15) is 50.6 Å². The fraction of sp³-hybridized carbons (Fsp3) is 0.500. The molecule has 3 atom stereocenters. The summed E-state index contributed by atoms with van der Waals surface area (Å²) in [6.45, 7) is 2.30. The van der Waals surface area contributed by atoms with Gasteiger partial charge in [-0.05, 0) is 42.4 Å². The smallest absolute Gasteiger partial charge is 0.0705 e. The molecule has 0 bridgehead atoms. The van der Waals surface area contributed by atoms with E-state index >= 15 is 0 Å². The molecule has 1 aromatic carbocycles. The van der Waals surface area contributed by atoms with Crippen molar-refractivity contribution < 1.29 is 0 Å². The van der Waals surface area contributed by atoms with E-state index in [2.05, 4.69) is 36.2 Å². The summed E-state index contributed by atoms with van der Waals surface area (Å²) in [4.78, 5) is 4.44. The van der Waals surface area contributed by atoms with E-state index in [1.54, 1.807) is 0 Å². The van der Waals surface area contributed by atoms with Crippen molar-refractivity contribution >= 4 is 10.9 Å². The van der Waals surface area contributed by atoms with Gasteiger partial charge < -0.3 is 5.73 Å². The number of nitrogens with zero attached hydrogens (tertiary/aromatic N) is 1. The number of hydrogen-bond acceptors (Lipinski definition) is 2. The predicted octanol–water partition coefficient (Wildman–Crippen LogP) is 4.45. The highest BCUT2D eigenvalue weighted by molar-refractivity contribution is 5.78. The molecular formula is C18H24N2. The molecule has 1 fully saturated rings. The van der Waals surface area contributed by atoms with Gasteiger partial charge in [0, 0.05) is 17.6 Å². The summed E-state index contributed by atoms with van der Waals surface area (Å²) < 4.78 is 0. The van der Waals surface area contributed by atoms with Crippen LogP contribution >= 0.6 is 0 Å². The highest BCUT2D eigenvalue weighted by Crippen LogP contribution is 2.37. The number of benzene rings is 1. The maximum Gasteiger partial charge on any atom is 0.0705 e. The summed E-state index contributed by atoms with van der Waals surface area (Å²) >= 11 is 0. The summed E-state index contributed by atoms with van der Waals surface area (Å²) in [5.74, 6) is 1.51. The van der Waals surface area contributed by atoms with Crippen LogP contribution < -0.4 is 5.73 Å². The van der Waals surface area contributed by atoms with Crippen molar-refractivity contribution in [2.45, 2.75) is 45.1 Å². The van der Waals surface area contributed by atoms with Gasteiger partial charge in [-0.1, -0.05) is 44.4 Å². The molecule has 1 aliphatic rings. The second kappa shape index (κ2) is 5.92. The Kier molecular flexibility index (Phi) is 4.02. The van der Waals surface area contributed by atoms with Crippen LogP contribution in [0.15, 0.2) is 36.5 Å². The Balaban J connectivity index is 1.82. The van der Waals surface area contributed by atoms with Crippen LogP contribution in [0.2, 0.25) is 0 Å². The van der Waals surface area contributed by atoms with Gasteiger partial charge in [0.1, 0.15) is 0 Å². The SMILES string of the molecule is CCC1CCCC(C(N)c2ccc3cccnc3c2)C1. The number of hydrogen-bond donors (Lipinski definition) is 1. The minimum absolute atomic E-state index is 0.163. The molecule has 0 saturated heterocycles. The summed E-state index contributed by atoms with van der Waals surface area (Å²) in [6, 6.07) is 10.8. The summed E-state index contributed by atoms with van der Waals surface area (Å²) in [5, 5.41) is 1.19. The molecule has 0 amide bonds. The third kappa shape index (κ3) is 2.71. The van der Waals surface area contributed by atoms with Crippen molar-refractivity contribution in [1.82, 2.24) is 4.98 Å². The van der Waals surface area contributed by atoms with E-state index in [9.17, 15) is 0 Å². The molecule has 1 aliphatic carbocycles. The van der Waals surface area contributed by atoms with Gasteiger partial charge in [-0.3, -0.25) is 4.98 Å². The van der Waals surface area contributed by atoms with Crippen molar-refractivity contribution in [3.63, 3.8) is 0 Å². The fourth-order valence-corrected chi connectivity index (χ4v) is 3.59. The molecule has 2 heteroatoms. The topological polar surface area (TPSA) is 38.9 Å². The molecule has 2 N–H and O–H groups in total. The molecule has 0 spiro atoms. The highest BCUT2D eigenvalue weighted by Gasteiger charge is 2.26. The number of fused-ring (bicyclic) bond motifs is 1. The van der Waals surface area contributed by atoms with E-state index in [0.717, 1.165) is 11.4 Å². The first-order valence-corrected chi connectivity index (χ1v) is 7.88. The molecule has 1 heterocycles. The van der Waals surface area contributed by atoms with E-state index in [4.69, 9.17) is 5.73 Å². The van der Waals surface area contributed by atoms with Crippen LogP contribution in [0, 0.1) is 11.8 Å². The molecule has 2 nitrogen and oxygen atoms in total. The average Bonchev–Trinajstić information content (AvgIpc) is 2.53. The minimum atomic E-state index is 0.163. The lowest BCUT2D eigenvalue weighted by atomic mass is 9.75. The zero-order chi connectivity index (χ0) is 13.9. The third-order valence-corrected chi connectivity index (χ3v) is 4.92. The van der Waals surface area contributed by atoms with Gasteiger partial charge in [-0.15, -0.1) is 0 Å². The van der Waals surface area contributed by atoms with Crippen molar-refractivity contribution in [3.05, 3.63) is 42.1 Å². The van der Waals surface area contributed by atoms with Crippen molar-refractivity contribution in [3.8, 4) is 0 Å². The lowest BCUT2D eigenvalue weighted by Crippen LogP contribution is -2.26. The number of nitrogens with two attached hydrogens (primary N) is 1. The van der Waals surface area contributed by atoms with Crippen molar-refractivity contribution in [2.24, 2.45) is 17.6 Å². The quantitative estimate of drug-likeness (QED) is 0.893. The molecule has 3 unspecified atom stereocenters. The Morgan fingerprint density at radius 1 is 1.30 bits per heavy atom. The molecule has 1 saturated carbocycles. The van der Waals surface area contributed by atoms with E-state index in [1.807, 2.05) is 12.3 Å². The van der Waals surface area contributed by atoms with Crippen LogP contribution in [0.25, 0.3) is 10.9 Å². The van der Waals surface area contributed by atoms with Crippen LogP contribution in [-0.2, 0) is 0 Å². The molecule has 106 valence electrons. The van der Waals surface area contributed by atoms with Crippen molar-refractivity contribution in [2.75, 3.05) is 0 Å². The average molecular weight is 268 g/mol. The lowest BCUT2D eigenvalue weighted by Gasteiger charge is -2.32. The van der Waals surface area contributed by atoms with Gasteiger partial charge in [0.2, 0.25) is 0 Å². The maximum atomic E-state index is 6.55. The van der Waals surface area contributed by atoms with E-state index in [-0.39, 0.29) is 6.04 Å². The second-order valence-electron chi connectivity index (χ2n) is 6.18. The fourth-order valence-electron chi connectivity index (χ4n) is 3.59. The van der Waals surface area contributed by atoms with E-state index in [1.165, 1.54) is 43.1 Å². The summed E-state index contributed by atoms with van der Waals surface area (Å²) in [5.41, 5.74) is 8.86. The summed E-state index contributed by atoms with van der Waals surface area (Å²) in [6.07, 6.45) is 8.44. The number of rotatable bonds is 3. The molecule has 1 aromatic heterocycles. The van der Waals surface area contributed by atoms with Gasteiger partial charge in [0.15, 0.2) is 0 Å². The van der Waals surface area contributed by atoms with Crippen LogP contribution in [0.3, 0.4) is 0 Å². The largest absolute Gasteiger partial charge is 0.324 e. The van der Waals surface area contributed by atoms with E-state index in [0.29, 0.717) is 5.92 Å². The van der Waals surface area contributed by atoms with Gasteiger partial charge in [-0.25, -0.2) is 0 Å². The first kappa shape index (κ1) is 13.6. The molecule has 20 heavy (non-hydrogen) atoms. The lowest BCUT2D eigenvalue weighted by molar-refractivity contribution is 0.230. The van der Waals surface area contributed by atoms with Crippen molar-refractivity contribution in [1.29, 1.82) is 0 Å². The molecule has 2 aromatic rings. The monoisotopic (exact) mass is 268 g/mol. The Morgan fingerprint density at radius 3 is 3.05 bits per heavy atom. The molecular weight excluding hydrogens is 244 g/mol. The number of pyridine rings is 1. The normalized spacial score (nSPS) is 24.7. The van der Waals surface area contributed by atoms with Gasteiger partial charge in [0.25, 0.3) is 0 Å². The first-order valence-electron chi connectivity index (χ1n) is 7.88. The Morgan fingerprint density at radius 2 is 2.20 bits per heavy atom. The van der Waals surface area contributed by atoms with Gasteiger partial charge >= 0.3 is 0 Å².